The van der Waals surface area contributed by atoms with Crippen LogP contribution in [0.25, 0.3) is 0 Å². The molecule has 0 aliphatic heterocycles. The van der Waals surface area contributed by atoms with Gasteiger partial charge in [0.1, 0.15) is 0 Å². The molecule has 1 saturated carbocycles. The first-order valence-corrected chi connectivity index (χ1v) is 5.34. The second kappa shape index (κ2) is 4.00. The highest BCUT2D eigenvalue weighted by Crippen LogP contribution is 2.43. The van der Waals surface area contributed by atoms with Crippen LogP contribution in [0, 0.1) is 0 Å². The molecule has 90 valence electrons. The van der Waals surface area contributed by atoms with Crippen LogP contribution in [-0.2, 0) is 4.79 Å². The highest BCUT2D eigenvalue weighted by molar-refractivity contribution is 6.30. The van der Waals surface area contributed by atoms with E-state index in [1.165, 1.54) is 24.3 Å². The maximum atomic E-state index is 13.7. The second-order valence-electron chi connectivity index (χ2n) is 3.93. The van der Waals surface area contributed by atoms with Gasteiger partial charge in [-0.25, -0.2) is 4.79 Å². The van der Waals surface area contributed by atoms with Crippen molar-refractivity contribution in [2.24, 2.45) is 0 Å². The average molecular weight is 258 g/mol. The smallest absolute Gasteiger partial charge is 0.332 e. The van der Waals surface area contributed by atoms with Gasteiger partial charge in [-0.05, 0) is 37.1 Å². The molecule has 0 unspecified atom stereocenters. The summed E-state index contributed by atoms with van der Waals surface area (Å²) in [4.78, 5) is 22.6. The summed E-state index contributed by atoms with van der Waals surface area (Å²) in [6.07, 6.45) is 0.274. The van der Waals surface area contributed by atoms with Gasteiger partial charge in [0.25, 0.3) is 5.91 Å². The maximum absolute atomic E-state index is 13.7. The molecule has 0 saturated heterocycles. The quantitative estimate of drug-likeness (QED) is 0.845. The Labute approximate surface area is 102 Å². The first-order valence-electron chi connectivity index (χ1n) is 4.97. The van der Waals surface area contributed by atoms with Crippen LogP contribution >= 0.6 is 11.6 Å². The van der Waals surface area contributed by atoms with Crippen molar-refractivity contribution in [1.82, 2.24) is 5.12 Å². The molecule has 0 heterocycles. The number of carbonyl (C=O) groups excluding carboxylic acids is 1. The van der Waals surface area contributed by atoms with Crippen molar-refractivity contribution < 1.29 is 19.2 Å². The van der Waals surface area contributed by atoms with Gasteiger partial charge in [-0.2, -0.15) is 5.12 Å². The summed E-state index contributed by atoms with van der Waals surface area (Å²) in [6.45, 7) is 0. The van der Waals surface area contributed by atoms with E-state index in [0.717, 1.165) is 0 Å². The molecule has 0 atom stereocenters. The summed E-state index contributed by atoms with van der Waals surface area (Å²) < 4.78 is 13.7. The molecule has 17 heavy (non-hydrogen) atoms. The zero-order chi connectivity index (χ0) is 12.6. The molecule has 2 rings (SSSR count). The molecule has 0 spiro atoms. The van der Waals surface area contributed by atoms with Crippen LogP contribution in [0.4, 0.5) is 4.48 Å². The number of carboxylic acid groups (broad SMARTS) is 1. The number of hydrogen-bond donors (Lipinski definition) is 1. The van der Waals surface area contributed by atoms with E-state index >= 15 is 0 Å². The summed E-state index contributed by atoms with van der Waals surface area (Å²) in [5.74, 6) is -2.27. The molecule has 0 radical (unpaired) electrons. The highest BCUT2D eigenvalue weighted by atomic mass is 35.5. The fourth-order valence-electron chi connectivity index (χ4n) is 1.51. The summed E-state index contributed by atoms with van der Waals surface area (Å²) in [6, 6.07) is 5.61. The Morgan fingerprint density at radius 3 is 2.24 bits per heavy atom. The predicted octanol–water partition coefficient (Wildman–Crippen LogP) is 2.28. The van der Waals surface area contributed by atoms with Crippen LogP contribution in [0.1, 0.15) is 23.2 Å². The summed E-state index contributed by atoms with van der Waals surface area (Å²) >= 11 is 5.64. The Kier molecular flexibility index (Phi) is 2.79. The summed E-state index contributed by atoms with van der Waals surface area (Å²) in [7, 11) is 0. The molecule has 1 aliphatic carbocycles. The molecule has 1 amide bonds. The lowest BCUT2D eigenvalue weighted by atomic mass is 10.2. The third kappa shape index (κ3) is 1.98. The van der Waals surface area contributed by atoms with Crippen molar-refractivity contribution in [1.29, 1.82) is 0 Å². The Morgan fingerprint density at radius 1 is 1.29 bits per heavy atom. The predicted molar refractivity (Wildman–Crippen MR) is 58.3 cm³/mol. The first kappa shape index (κ1) is 11.9. The van der Waals surface area contributed by atoms with E-state index in [-0.39, 0.29) is 23.5 Å². The van der Waals surface area contributed by atoms with E-state index in [1.807, 2.05) is 0 Å². The number of benzene rings is 1. The van der Waals surface area contributed by atoms with Crippen LogP contribution in [0.15, 0.2) is 24.3 Å². The van der Waals surface area contributed by atoms with Gasteiger partial charge in [-0.15, -0.1) is 0 Å². The number of hydrogen-bond acceptors (Lipinski definition) is 2. The van der Waals surface area contributed by atoms with Crippen molar-refractivity contribution in [3.8, 4) is 0 Å². The SMILES string of the molecule is O=C(c1ccc(Cl)cc1)N(F)C1(C(=O)O)CC1. The van der Waals surface area contributed by atoms with E-state index in [9.17, 15) is 14.1 Å². The molecule has 1 aromatic carbocycles. The van der Waals surface area contributed by atoms with Gasteiger partial charge in [0, 0.05) is 10.6 Å². The molecular weight excluding hydrogens is 249 g/mol. The second-order valence-corrected chi connectivity index (χ2v) is 4.37. The van der Waals surface area contributed by atoms with E-state index in [1.54, 1.807) is 0 Å². The van der Waals surface area contributed by atoms with Gasteiger partial charge in [-0.1, -0.05) is 16.1 Å². The van der Waals surface area contributed by atoms with Crippen LogP contribution in [0.5, 0.6) is 0 Å². The van der Waals surface area contributed by atoms with Crippen LogP contribution in [0.2, 0.25) is 5.02 Å². The van der Waals surface area contributed by atoms with E-state index in [0.29, 0.717) is 5.02 Å². The zero-order valence-electron chi connectivity index (χ0n) is 8.69. The van der Waals surface area contributed by atoms with Crippen LogP contribution in [0.3, 0.4) is 0 Å². The summed E-state index contributed by atoms with van der Waals surface area (Å²) in [5, 5.41) is 9.09. The molecule has 1 fully saturated rings. The Balaban J connectivity index is 2.21. The van der Waals surface area contributed by atoms with Gasteiger partial charge in [0.15, 0.2) is 5.54 Å². The van der Waals surface area contributed by atoms with Crippen LogP contribution in [-0.4, -0.2) is 27.6 Å². The van der Waals surface area contributed by atoms with Crippen LogP contribution < -0.4 is 0 Å². The average Bonchev–Trinajstić information content (AvgIpc) is 3.09. The minimum absolute atomic E-state index is 0.0735. The topological polar surface area (TPSA) is 57.6 Å². The normalized spacial score (nSPS) is 16.4. The third-order valence-corrected chi connectivity index (χ3v) is 3.02. The van der Waals surface area contributed by atoms with Crippen molar-refractivity contribution in [3.05, 3.63) is 34.9 Å². The monoisotopic (exact) mass is 257 g/mol. The van der Waals surface area contributed by atoms with Crippen molar-refractivity contribution >= 4 is 23.5 Å². The molecule has 1 aromatic rings. The van der Waals surface area contributed by atoms with Crippen molar-refractivity contribution in [3.63, 3.8) is 0 Å². The van der Waals surface area contributed by atoms with E-state index in [2.05, 4.69) is 0 Å². The molecular formula is C11H9ClFNO3. The van der Waals surface area contributed by atoms with Crippen molar-refractivity contribution in [2.45, 2.75) is 18.4 Å². The van der Waals surface area contributed by atoms with E-state index in [4.69, 9.17) is 16.7 Å². The zero-order valence-corrected chi connectivity index (χ0v) is 9.45. The third-order valence-electron chi connectivity index (χ3n) is 2.77. The number of carbonyl (C=O) groups is 2. The number of aliphatic carboxylic acids is 1. The Bertz CT molecular complexity index is 470. The van der Waals surface area contributed by atoms with Gasteiger partial charge in [-0.3, -0.25) is 4.79 Å². The fourth-order valence-corrected chi connectivity index (χ4v) is 1.64. The number of halogens is 2. The van der Waals surface area contributed by atoms with Gasteiger partial charge >= 0.3 is 5.97 Å². The molecule has 0 bridgehead atoms. The largest absolute Gasteiger partial charge is 0.479 e. The molecule has 1 aliphatic rings. The van der Waals surface area contributed by atoms with Crippen molar-refractivity contribution in [2.75, 3.05) is 0 Å². The lowest BCUT2D eigenvalue weighted by Crippen LogP contribution is -2.41. The Morgan fingerprint density at radius 2 is 1.82 bits per heavy atom. The Hall–Kier alpha value is -1.62. The standard InChI is InChI=1S/C11H9ClFNO3/c12-8-3-1-7(2-4-8)9(15)14(13)11(5-6-11)10(16)17/h1-4H,5-6H2,(H,16,17). The molecule has 6 heteroatoms. The number of rotatable bonds is 3. The lowest BCUT2D eigenvalue weighted by Gasteiger charge is -2.18. The summed E-state index contributed by atoms with van der Waals surface area (Å²) in [5.41, 5.74) is -1.60. The van der Waals surface area contributed by atoms with Gasteiger partial charge in [0.05, 0.1) is 0 Å². The van der Waals surface area contributed by atoms with Gasteiger partial charge < -0.3 is 5.11 Å². The number of amides is 1. The maximum Gasteiger partial charge on any atom is 0.332 e. The molecule has 1 N–H and O–H groups in total. The van der Waals surface area contributed by atoms with Gasteiger partial charge in [0.2, 0.25) is 0 Å². The first-order chi connectivity index (χ1) is 7.97. The minimum Gasteiger partial charge on any atom is -0.479 e. The van der Waals surface area contributed by atoms with E-state index < -0.39 is 17.4 Å². The minimum atomic E-state index is -1.67. The number of carboxylic acids is 1. The fraction of sp³-hybridized carbons (Fsp3) is 0.273. The lowest BCUT2D eigenvalue weighted by molar-refractivity contribution is -0.150. The molecule has 4 nitrogen and oxygen atoms in total. The molecule has 0 aromatic heterocycles. The number of nitrogens with zero attached hydrogens (tertiary/aromatic N) is 1. The highest BCUT2D eigenvalue weighted by Gasteiger charge is 2.58.